The molecule has 0 aromatic heterocycles. The Morgan fingerprint density at radius 1 is 1.09 bits per heavy atom. The van der Waals surface area contributed by atoms with E-state index in [-0.39, 0.29) is 24.2 Å². The van der Waals surface area contributed by atoms with Gasteiger partial charge in [-0.05, 0) is 18.9 Å². The van der Waals surface area contributed by atoms with Crippen molar-refractivity contribution in [2.24, 2.45) is 0 Å². The lowest BCUT2D eigenvalue weighted by Gasteiger charge is -2.35. The molecule has 22 heavy (non-hydrogen) atoms. The topological polar surface area (TPSA) is 87.0 Å². The second kappa shape index (κ2) is 13.5. The van der Waals surface area contributed by atoms with Crippen molar-refractivity contribution < 1.29 is 29.3 Å². The van der Waals surface area contributed by atoms with E-state index in [1.807, 2.05) is 6.08 Å². The van der Waals surface area contributed by atoms with E-state index in [1.165, 1.54) is 19.3 Å². The number of aliphatic hydroxyl groups excluding tert-OH is 2. The summed E-state index contributed by atoms with van der Waals surface area (Å²) in [6.07, 6.45) is 9.50. The molecule has 0 aliphatic heterocycles. The van der Waals surface area contributed by atoms with Crippen LogP contribution in [-0.4, -0.2) is 71.8 Å². The van der Waals surface area contributed by atoms with Gasteiger partial charge in [-0.3, -0.25) is 0 Å². The van der Waals surface area contributed by atoms with Gasteiger partial charge in [0.25, 0.3) is 0 Å². The quantitative estimate of drug-likeness (QED) is 0.241. The maximum atomic E-state index is 11.0. The number of carbonyl (C=O) groups is 1. The number of hydrogen-bond acceptors (Lipinski definition) is 4. The van der Waals surface area contributed by atoms with Gasteiger partial charge < -0.3 is 24.5 Å². The molecule has 0 amide bonds. The minimum absolute atomic E-state index is 0.111. The number of quaternary nitrogens is 1. The van der Waals surface area contributed by atoms with Gasteiger partial charge in [0.1, 0.15) is 26.2 Å². The van der Waals surface area contributed by atoms with Gasteiger partial charge in [0.2, 0.25) is 0 Å². The second-order valence-electron chi connectivity index (χ2n) is 5.60. The van der Waals surface area contributed by atoms with Gasteiger partial charge in [0.05, 0.1) is 19.5 Å². The highest BCUT2D eigenvalue weighted by Gasteiger charge is 2.29. The molecule has 0 saturated heterocycles. The summed E-state index contributed by atoms with van der Waals surface area (Å²) < 4.78 is 5.55. The van der Waals surface area contributed by atoms with Crippen LogP contribution in [0.3, 0.4) is 0 Å². The Bertz CT molecular complexity index is 301. The summed E-state index contributed by atoms with van der Waals surface area (Å²) in [7, 11) is 0. The van der Waals surface area contributed by atoms with E-state index in [0.29, 0.717) is 26.2 Å². The fraction of sp³-hybridized carbons (Fsp3) is 0.812. The van der Waals surface area contributed by atoms with Gasteiger partial charge in [-0.15, -0.1) is 0 Å². The van der Waals surface area contributed by atoms with Crippen molar-refractivity contribution in [3.63, 3.8) is 0 Å². The van der Waals surface area contributed by atoms with Gasteiger partial charge in [-0.25, -0.2) is 4.79 Å². The molecule has 0 heterocycles. The van der Waals surface area contributed by atoms with Crippen molar-refractivity contribution in [3.8, 4) is 0 Å². The first-order valence-electron chi connectivity index (χ1n) is 8.15. The highest BCUT2D eigenvalue weighted by molar-refractivity contribution is 5.67. The predicted octanol–water partition coefficient (Wildman–Crippen LogP) is 1.37. The summed E-state index contributed by atoms with van der Waals surface area (Å²) in [6, 6.07) is 0. The van der Waals surface area contributed by atoms with Crippen LogP contribution >= 0.6 is 0 Å². The van der Waals surface area contributed by atoms with E-state index in [2.05, 4.69) is 6.92 Å². The number of hydrogen-bond donors (Lipinski definition) is 3. The third-order valence-corrected chi connectivity index (χ3v) is 3.72. The Hall–Kier alpha value is -1.11. The Morgan fingerprint density at radius 2 is 1.77 bits per heavy atom. The molecule has 0 aliphatic carbocycles. The number of aliphatic hydroxyl groups is 2. The van der Waals surface area contributed by atoms with Crippen LogP contribution in [0.1, 0.15) is 39.0 Å². The molecule has 6 nitrogen and oxygen atoms in total. The zero-order valence-corrected chi connectivity index (χ0v) is 13.7. The van der Waals surface area contributed by atoms with Gasteiger partial charge in [-0.2, -0.15) is 0 Å². The second-order valence-corrected chi connectivity index (χ2v) is 5.60. The molecule has 0 rings (SSSR count). The first-order chi connectivity index (χ1) is 10.6. The fourth-order valence-corrected chi connectivity index (χ4v) is 2.42. The van der Waals surface area contributed by atoms with E-state index in [4.69, 9.17) is 20.1 Å². The van der Waals surface area contributed by atoms with Crippen molar-refractivity contribution in [1.29, 1.82) is 0 Å². The molecule has 0 spiro atoms. The van der Waals surface area contributed by atoms with Crippen LogP contribution in [0.25, 0.3) is 0 Å². The number of rotatable bonds is 15. The van der Waals surface area contributed by atoms with Gasteiger partial charge in [-0.1, -0.05) is 26.2 Å². The minimum atomic E-state index is -0.937. The standard InChI is InChI=1S/C16H31NO5/c1-2-3-4-5-6-7-13-22-14-10-17(8-11-18,9-12-19)15-16(20)21/h7,13,18-19H,2-6,8-12,14-15H2,1H3/p+1/b13-7+. The zero-order chi connectivity index (χ0) is 16.7. The van der Waals surface area contributed by atoms with E-state index >= 15 is 0 Å². The molecule has 6 heteroatoms. The summed E-state index contributed by atoms with van der Waals surface area (Å²) >= 11 is 0. The van der Waals surface area contributed by atoms with Crippen LogP contribution in [0.4, 0.5) is 0 Å². The number of aliphatic carboxylic acids is 1. The fourth-order valence-electron chi connectivity index (χ4n) is 2.42. The third-order valence-electron chi connectivity index (χ3n) is 3.72. The van der Waals surface area contributed by atoms with Gasteiger partial charge >= 0.3 is 5.97 Å². The Kier molecular flexibility index (Phi) is 12.9. The molecular formula is C16H32NO5+. The molecule has 0 fully saturated rings. The number of unbranched alkanes of at least 4 members (excludes halogenated alkanes) is 4. The lowest BCUT2D eigenvalue weighted by atomic mass is 10.1. The summed E-state index contributed by atoms with van der Waals surface area (Å²) in [5, 5.41) is 27.3. The normalized spacial score (nSPS) is 12.0. The van der Waals surface area contributed by atoms with Crippen LogP contribution < -0.4 is 0 Å². The van der Waals surface area contributed by atoms with E-state index < -0.39 is 5.97 Å². The summed E-state index contributed by atoms with van der Waals surface area (Å²) in [4.78, 5) is 11.0. The number of ether oxygens (including phenoxy) is 1. The lowest BCUT2D eigenvalue weighted by Crippen LogP contribution is -2.56. The van der Waals surface area contributed by atoms with E-state index in [1.54, 1.807) is 6.26 Å². The maximum Gasteiger partial charge on any atom is 0.359 e. The van der Waals surface area contributed by atoms with Crippen LogP contribution in [0.2, 0.25) is 0 Å². The largest absolute Gasteiger partial charge is 0.496 e. The number of carboxylic acid groups (broad SMARTS) is 1. The smallest absolute Gasteiger partial charge is 0.359 e. The molecule has 0 saturated carbocycles. The van der Waals surface area contributed by atoms with Crippen molar-refractivity contribution in [2.45, 2.75) is 39.0 Å². The Balaban J connectivity index is 4.10. The number of carboxylic acids is 1. The van der Waals surface area contributed by atoms with Crippen molar-refractivity contribution in [1.82, 2.24) is 0 Å². The average molecular weight is 318 g/mol. The van der Waals surface area contributed by atoms with Crippen LogP contribution in [0.15, 0.2) is 12.3 Å². The minimum Gasteiger partial charge on any atom is -0.496 e. The maximum absolute atomic E-state index is 11.0. The molecule has 0 aromatic rings. The zero-order valence-electron chi connectivity index (χ0n) is 13.7. The summed E-state index contributed by atoms with van der Waals surface area (Å²) in [5.41, 5.74) is 0. The average Bonchev–Trinajstić information content (AvgIpc) is 2.45. The first-order valence-corrected chi connectivity index (χ1v) is 8.15. The molecule has 3 N–H and O–H groups in total. The molecule has 0 bridgehead atoms. The van der Waals surface area contributed by atoms with E-state index in [9.17, 15) is 4.79 Å². The predicted molar refractivity (Wildman–Crippen MR) is 85.4 cm³/mol. The Morgan fingerprint density at radius 3 is 2.32 bits per heavy atom. The third kappa shape index (κ3) is 10.6. The number of allylic oxidation sites excluding steroid dienone is 1. The monoisotopic (exact) mass is 318 g/mol. The van der Waals surface area contributed by atoms with Gasteiger partial charge in [0.15, 0.2) is 6.54 Å². The van der Waals surface area contributed by atoms with Crippen molar-refractivity contribution >= 4 is 5.97 Å². The summed E-state index contributed by atoms with van der Waals surface area (Å²) in [6.45, 7) is 3.27. The molecule has 0 unspecified atom stereocenters. The highest BCUT2D eigenvalue weighted by atomic mass is 16.5. The Labute approximate surface area is 133 Å². The lowest BCUT2D eigenvalue weighted by molar-refractivity contribution is -0.922. The van der Waals surface area contributed by atoms with Crippen LogP contribution in [-0.2, 0) is 9.53 Å². The SMILES string of the molecule is CCCCCC/C=C/OCC[N+](CCO)(CCO)CC(=O)O. The van der Waals surface area contributed by atoms with E-state index in [0.717, 1.165) is 12.8 Å². The molecule has 0 aliphatic rings. The van der Waals surface area contributed by atoms with Crippen LogP contribution in [0, 0.1) is 0 Å². The number of nitrogens with zero attached hydrogens (tertiary/aromatic N) is 1. The molecule has 0 aromatic carbocycles. The van der Waals surface area contributed by atoms with Crippen molar-refractivity contribution in [2.75, 3.05) is 46.0 Å². The summed E-state index contributed by atoms with van der Waals surface area (Å²) in [5.74, 6) is -0.937. The first kappa shape index (κ1) is 20.9. The van der Waals surface area contributed by atoms with Crippen molar-refractivity contribution in [3.05, 3.63) is 12.3 Å². The highest BCUT2D eigenvalue weighted by Crippen LogP contribution is 2.07. The molecule has 0 radical (unpaired) electrons. The molecular weight excluding hydrogens is 286 g/mol. The van der Waals surface area contributed by atoms with Gasteiger partial charge in [0, 0.05) is 0 Å². The molecule has 130 valence electrons. The van der Waals surface area contributed by atoms with Crippen LogP contribution in [0.5, 0.6) is 0 Å². The molecule has 0 atom stereocenters.